The normalized spacial score (nSPS) is 21.1. The number of hydrogen-bond acceptors (Lipinski definition) is 4. The summed E-state index contributed by atoms with van der Waals surface area (Å²) < 4.78 is 43.2. The Morgan fingerprint density at radius 3 is 2.63 bits per heavy atom. The highest BCUT2D eigenvalue weighted by molar-refractivity contribution is 5.87. The van der Waals surface area contributed by atoms with Crippen LogP contribution in [0.3, 0.4) is 0 Å². The standard InChI is InChI=1S/C26H29F3N6O3/c27-10-14-34-15-16(18-3-1-4-19(28)22(18)29)6-7-20(24(34)36)31-25(37)33-12-8-17(9-13-33)35-21-5-2-11-30-23(21)32-26(35)38/h1-5,11,16-17,20H,6-10,12-15H2,(H,31,37)(H,30,32,38). The Labute approximate surface area is 216 Å². The number of hydrogen-bond donors (Lipinski definition) is 2. The van der Waals surface area contributed by atoms with E-state index in [1.54, 1.807) is 21.7 Å². The van der Waals surface area contributed by atoms with E-state index in [4.69, 9.17) is 0 Å². The fourth-order valence-corrected chi connectivity index (χ4v) is 5.57. The highest BCUT2D eigenvalue weighted by Crippen LogP contribution is 2.30. The number of amides is 3. The largest absolute Gasteiger partial charge is 0.338 e. The number of likely N-dealkylation sites (tertiary alicyclic amines) is 2. The number of urea groups is 1. The molecule has 0 bridgehead atoms. The summed E-state index contributed by atoms with van der Waals surface area (Å²) in [5.41, 5.74) is 1.11. The van der Waals surface area contributed by atoms with Gasteiger partial charge in [-0.05, 0) is 49.4 Å². The first-order valence-corrected chi connectivity index (χ1v) is 12.8. The number of aromatic amines is 1. The Balaban J connectivity index is 1.25. The molecule has 202 valence electrons. The number of nitrogens with one attached hydrogen (secondary N) is 2. The molecule has 4 heterocycles. The maximum absolute atomic E-state index is 14.5. The fraction of sp³-hybridized carbons (Fsp3) is 0.462. The SMILES string of the molecule is O=C(NC1CCC(c2cccc(F)c2F)CN(CCF)C1=O)N1CCC(n2c(=O)[nH]c3ncccc32)CC1. The topological polar surface area (TPSA) is 103 Å². The highest BCUT2D eigenvalue weighted by atomic mass is 19.2. The molecule has 0 spiro atoms. The molecule has 1 aromatic carbocycles. The highest BCUT2D eigenvalue weighted by Gasteiger charge is 2.35. The van der Waals surface area contributed by atoms with Crippen LogP contribution in [0.15, 0.2) is 41.3 Å². The van der Waals surface area contributed by atoms with Crippen molar-refractivity contribution in [1.82, 2.24) is 29.7 Å². The van der Waals surface area contributed by atoms with Gasteiger partial charge in [0, 0.05) is 44.3 Å². The van der Waals surface area contributed by atoms with Crippen molar-refractivity contribution in [3.63, 3.8) is 0 Å². The maximum Gasteiger partial charge on any atom is 0.327 e. The van der Waals surface area contributed by atoms with Crippen molar-refractivity contribution in [2.75, 3.05) is 32.9 Å². The number of nitrogens with zero attached hydrogens (tertiary/aromatic N) is 4. The van der Waals surface area contributed by atoms with Crippen molar-refractivity contribution in [3.8, 4) is 0 Å². The molecule has 9 nitrogen and oxygen atoms in total. The molecule has 0 aliphatic carbocycles. The minimum Gasteiger partial charge on any atom is -0.338 e. The Kier molecular flexibility index (Phi) is 7.39. The van der Waals surface area contributed by atoms with Crippen LogP contribution in [-0.2, 0) is 4.79 Å². The van der Waals surface area contributed by atoms with Gasteiger partial charge in [-0.3, -0.25) is 14.3 Å². The van der Waals surface area contributed by atoms with Gasteiger partial charge in [0.25, 0.3) is 0 Å². The van der Waals surface area contributed by atoms with E-state index in [0.717, 1.165) is 6.07 Å². The smallest absolute Gasteiger partial charge is 0.327 e. The van der Waals surface area contributed by atoms with Gasteiger partial charge in [0.15, 0.2) is 17.3 Å². The third-order valence-corrected chi connectivity index (χ3v) is 7.53. The van der Waals surface area contributed by atoms with Crippen LogP contribution >= 0.6 is 0 Å². The zero-order chi connectivity index (χ0) is 26.8. The van der Waals surface area contributed by atoms with Gasteiger partial charge in [0.05, 0.1) is 5.52 Å². The van der Waals surface area contributed by atoms with E-state index in [1.807, 2.05) is 6.07 Å². The summed E-state index contributed by atoms with van der Waals surface area (Å²) in [7, 11) is 0. The first-order chi connectivity index (χ1) is 18.4. The van der Waals surface area contributed by atoms with Crippen LogP contribution in [0.25, 0.3) is 11.2 Å². The van der Waals surface area contributed by atoms with Gasteiger partial charge in [-0.25, -0.2) is 27.7 Å². The van der Waals surface area contributed by atoms with E-state index in [-0.39, 0.29) is 36.8 Å². The van der Waals surface area contributed by atoms with Gasteiger partial charge in [-0.1, -0.05) is 12.1 Å². The van der Waals surface area contributed by atoms with E-state index in [0.29, 0.717) is 43.5 Å². The molecule has 2 saturated heterocycles. The third-order valence-electron chi connectivity index (χ3n) is 7.53. The number of H-pyrrole nitrogens is 1. The molecule has 2 atom stereocenters. The third kappa shape index (κ3) is 4.99. The predicted molar refractivity (Wildman–Crippen MR) is 133 cm³/mol. The number of pyridine rings is 1. The number of rotatable bonds is 5. The molecule has 2 N–H and O–H groups in total. The summed E-state index contributed by atoms with van der Waals surface area (Å²) in [5, 5.41) is 2.78. The van der Waals surface area contributed by atoms with Crippen molar-refractivity contribution in [2.24, 2.45) is 0 Å². The van der Waals surface area contributed by atoms with Gasteiger partial charge in [0.2, 0.25) is 5.91 Å². The number of alkyl halides is 1. The minimum atomic E-state index is -0.977. The van der Waals surface area contributed by atoms with Crippen LogP contribution in [0.4, 0.5) is 18.0 Å². The van der Waals surface area contributed by atoms with Crippen LogP contribution in [0, 0.1) is 11.6 Å². The number of aromatic nitrogens is 3. The number of carbonyl (C=O) groups excluding carboxylic acids is 2. The molecule has 2 aliphatic heterocycles. The zero-order valence-corrected chi connectivity index (χ0v) is 20.7. The molecule has 5 rings (SSSR count). The van der Waals surface area contributed by atoms with Gasteiger partial charge in [0.1, 0.15) is 12.7 Å². The number of benzene rings is 1. The van der Waals surface area contributed by atoms with Gasteiger partial charge in [-0.2, -0.15) is 0 Å². The molecule has 2 unspecified atom stereocenters. The van der Waals surface area contributed by atoms with E-state index in [9.17, 15) is 27.6 Å². The summed E-state index contributed by atoms with van der Waals surface area (Å²) in [6.45, 7) is -0.196. The monoisotopic (exact) mass is 530 g/mol. The molecule has 38 heavy (non-hydrogen) atoms. The van der Waals surface area contributed by atoms with Crippen LogP contribution in [0.2, 0.25) is 0 Å². The first-order valence-electron chi connectivity index (χ1n) is 12.8. The second kappa shape index (κ2) is 10.9. The zero-order valence-electron chi connectivity index (χ0n) is 20.7. The number of imidazole rings is 1. The number of piperidine rings is 1. The minimum absolute atomic E-state index is 0.0368. The van der Waals surface area contributed by atoms with Crippen molar-refractivity contribution >= 4 is 23.1 Å². The van der Waals surface area contributed by atoms with Crippen molar-refractivity contribution in [1.29, 1.82) is 0 Å². The Morgan fingerprint density at radius 1 is 1.08 bits per heavy atom. The van der Waals surface area contributed by atoms with E-state index in [2.05, 4.69) is 15.3 Å². The molecule has 0 saturated carbocycles. The number of fused-ring (bicyclic) bond motifs is 1. The quantitative estimate of drug-likeness (QED) is 0.529. The van der Waals surface area contributed by atoms with Gasteiger partial charge < -0.3 is 15.1 Å². The Morgan fingerprint density at radius 2 is 1.87 bits per heavy atom. The van der Waals surface area contributed by atoms with Crippen LogP contribution in [0.5, 0.6) is 0 Å². The second-order valence-electron chi connectivity index (χ2n) is 9.78. The van der Waals surface area contributed by atoms with Gasteiger partial charge in [-0.15, -0.1) is 0 Å². The molecular formula is C26H29F3N6O3. The molecule has 3 amide bonds. The number of carbonyl (C=O) groups is 2. The molecular weight excluding hydrogens is 501 g/mol. The molecule has 2 aliphatic rings. The van der Waals surface area contributed by atoms with E-state index in [1.165, 1.54) is 17.0 Å². The fourth-order valence-electron chi connectivity index (χ4n) is 5.57. The lowest BCUT2D eigenvalue weighted by atomic mass is 9.93. The van der Waals surface area contributed by atoms with Gasteiger partial charge >= 0.3 is 11.7 Å². The molecule has 2 fully saturated rings. The first kappa shape index (κ1) is 25.8. The van der Waals surface area contributed by atoms with E-state index >= 15 is 0 Å². The summed E-state index contributed by atoms with van der Waals surface area (Å²) in [6, 6.07) is 6.05. The van der Waals surface area contributed by atoms with E-state index < -0.39 is 42.2 Å². The average molecular weight is 531 g/mol. The van der Waals surface area contributed by atoms with Crippen molar-refractivity contribution < 1.29 is 22.8 Å². The predicted octanol–water partition coefficient (Wildman–Crippen LogP) is 3.09. The molecule has 2 aromatic heterocycles. The summed E-state index contributed by atoms with van der Waals surface area (Å²) in [6.07, 6.45) is 3.23. The summed E-state index contributed by atoms with van der Waals surface area (Å²) in [4.78, 5) is 48.5. The lowest BCUT2D eigenvalue weighted by molar-refractivity contribution is -0.133. The van der Waals surface area contributed by atoms with Crippen molar-refractivity contribution in [2.45, 2.75) is 43.7 Å². The van der Waals surface area contributed by atoms with Crippen LogP contribution in [-0.4, -0.2) is 75.2 Å². The number of halogens is 3. The van der Waals surface area contributed by atoms with Crippen molar-refractivity contribution in [3.05, 3.63) is 64.2 Å². The Bertz CT molecular complexity index is 1380. The summed E-state index contributed by atoms with van der Waals surface area (Å²) in [5.74, 6) is -2.92. The Hall–Kier alpha value is -3.83. The lowest BCUT2D eigenvalue weighted by Crippen LogP contribution is -2.53. The molecule has 0 radical (unpaired) electrons. The van der Waals surface area contributed by atoms with Crippen LogP contribution in [0.1, 0.15) is 43.2 Å². The molecule has 3 aromatic rings. The average Bonchev–Trinajstić information content (AvgIpc) is 3.18. The molecule has 12 heteroatoms. The summed E-state index contributed by atoms with van der Waals surface area (Å²) >= 11 is 0. The maximum atomic E-state index is 14.5. The lowest BCUT2D eigenvalue weighted by Gasteiger charge is -2.33. The second-order valence-corrected chi connectivity index (χ2v) is 9.78. The van der Waals surface area contributed by atoms with Crippen LogP contribution < -0.4 is 11.0 Å².